The summed E-state index contributed by atoms with van der Waals surface area (Å²) in [4.78, 5) is 0. The molecule has 0 spiro atoms. The first-order valence-electron chi connectivity index (χ1n) is 6.64. The molecule has 3 heteroatoms. The molecule has 18 heavy (non-hydrogen) atoms. The molecule has 2 rings (SSSR count). The monoisotopic (exact) mass is 253 g/mol. The van der Waals surface area contributed by atoms with Crippen molar-refractivity contribution in [1.29, 1.82) is 0 Å². The van der Waals surface area contributed by atoms with Gasteiger partial charge in [-0.2, -0.15) is 0 Å². The Labute approximate surface area is 108 Å². The Morgan fingerprint density at radius 2 is 2.00 bits per heavy atom. The zero-order valence-electron chi connectivity index (χ0n) is 11.1. The third-order valence-electron chi connectivity index (χ3n) is 3.53. The van der Waals surface area contributed by atoms with Crippen molar-refractivity contribution in [1.82, 2.24) is 5.32 Å². The van der Waals surface area contributed by atoms with Crippen LogP contribution in [0.25, 0.3) is 0 Å². The van der Waals surface area contributed by atoms with Crippen LogP contribution in [-0.2, 0) is 6.42 Å². The van der Waals surface area contributed by atoms with Crippen molar-refractivity contribution in [2.45, 2.75) is 45.6 Å². The first-order chi connectivity index (χ1) is 8.46. The Bertz CT molecular complexity index is 411. The number of halogens is 2. The molecule has 0 heterocycles. The van der Waals surface area contributed by atoms with Gasteiger partial charge in [-0.1, -0.05) is 13.8 Å². The van der Waals surface area contributed by atoms with Crippen molar-refractivity contribution in [3.05, 3.63) is 35.4 Å². The number of hydrogen-bond donors (Lipinski definition) is 1. The standard InChI is InChI=1S/C15H21F2N/c1-15(2,10-18-13-4-5-13)8-7-11-9-12(16)3-6-14(11)17/h3,6,9,13,18H,4-5,7-8,10H2,1-2H3. The fraction of sp³-hybridized carbons (Fsp3) is 0.600. The highest BCUT2D eigenvalue weighted by atomic mass is 19.1. The molecule has 1 aromatic rings. The lowest BCUT2D eigenvalue weighted by Crippen LogP contribution is -2.31. The molecule has 0 bridgehead atoms. The summed E-state index contributed by atoms with van der Waals surface area (Å²) in [6.07, 6.45) is 3.99. The summed E-state index contributed by atoms with van der Waals surface area (Å²) >= 11 is 0. The molecule has 1 nitrogen and oxygen atoms in total. The Hall–Kier alpha value is -0.960. The number of aryl methyl sites for hydroxylation is 1. The molecule has 0 aromatic heterocycles. The topological polar surface area (TPSA) is 12.0 Å². The second-order valence-corrected chi connectivity index (χ2v) is 6.06. The molecule has 0 atom stereocenters. The number of hydrogen-bond acceptors (Lipinski definition) is 1. The van der Waals surface area contributed by atoms with E-state index in [-0.39, 0.29) is 17.0 Å². The largest absolute Gasteiger partial charge is 0.313 e. The van der Waals surface area contributed by atoms with Gasteiger partial charge in [0.1, 0.15) is 11.6 Å². The van der Waals surface area contributed by atoms with Gasteiger partial charge in [-0.05, 0) is 54.9 Å². The average molecular weight is 253 g/mol. The van der Waals surface area contributed by atoms with Gasteiger partial charge in [0.25, 0.3) is 0 Å². The maximum atomic E-state index is 13.5. The van der Waals surface area contributed by atoms with Crippen molar-refractivity contribution < 1.29 is 8.78 Å². The predicted molar refractivity (Wildman–Crippen MR) is 69.5 cm³/mol. The second kappa shape index (κ2) is 5.35. The highest BCUT2D eigenvalue weighted by Crippen LogP contribution is 2.26. The Morgan fingerprint density at radius 1 is 1.28 bits per heavy atom. The fourth-order valence-electron chi connectivity index (χ4n) is 2.00. The van der Waals surface area contributed by atoms with Crippen molar-refractivity contribution in [2.75, 3.05) is 6.54 Å². The molecule has 1 aromatic carbocycles. The summed E-state index contributed by atoms with van der Waals surface area (Å²) in [6.45, 7) is 5.27. The van der Waals surface area contributed by atoms with Crippen LogP contribution in [0.2, 0.25) is 0 Å². The molecule has 0 saturated heterocycles. The molecule has 0 amide bonds. The smallest absolute Gasteiger partial charge is 0.126 e. The highest BCUT2D eigenvalue weighted by Gasteiger charge is 2.25. The van der Waals surface area contributed by atoms with Crippen LogP contribution in [0.1, 0.15) is 38.7 Å². The van der Waals surface area contributed by atoms with E-state index in [9.17, 15) is 8.78 Å². The van der Waals surface area contributed by atoms with Crippen LogP contribution in [0.5, 0.6) is 0 Å². The quantitative estimate of drug-likeness (QED) is 0.815. The molecule has 100 valence electrons. The van der Waals surface area contributed by atoms with E-state index in [0.717, 1.165) is 13.0 Å². The third-order valence-corrected chi connectivity index (χ3v) is 3.53. The van der Waals surface area contributed by atoms with Crippen LogP contribution in [0.4, 0.5) is 8.78 Å². The molecule has 1 fully saturated rings. The van der Waals surface area contributed by atoms with Gasteiger partial charge in [-0.25, -0.2) is 8.78 Å². The molecule has 1 N–H and O–H groups in total. The van der Waals surface area contributed by atoms with Gasteiger partial charge < -0.3 is 5.32 Å². The van der Waals surface area contributed by atoms with Gasteiger partial charge in [0.05, 0.1) is 0 Å². The van der Waals surface area contributed by atoms with Gasteiger partial charge in [0, 0.05) is 12.6 Å². The van der Waals surface area contributed by atoms with Gasteiger partial charge in [0.2, 0.25) is 0 Å². The third kappa shape index (κ3) is 4.05. The van der Waals surface area contributed by atoms with Crippen molar-refractivity contribution in [3.63, 3.8) is 0 Å². The van der Waals surface area contributed by atoms with Crippen molar-refractivity contribution >= 4 is 0 Å². The summed E-state index contributed by atoms with van der Waals surface area (Å²) in [7, 11) is 0. The summed E-state index contributed by atoms with van der Waals surface area (Å²) in [6, 6.07) is 4.37. The molecule has 1 aliphatic carbocycles. The lowest BCUT2D eigenvalue weighted by molar-refractivity contribution is 0.312. The minimum atomic E-state index is -0.361. The first kappa shape index (κ1) is 13.5. The Kier molecular flexibility index (Phi) is 4.00. The van der Waals surface area contributed by atoms with Crippen LogP contribution in [0.3, 0.4) is 0 Å². The van der Waals surface area contributed by atoms with Crippen LogP contribution >= 0.6 is 0 Å². The Balaban J connectivity index is 1.86. The van der Waals surface area contributed by atoms with Gasteiger partial charge in [-0.15, -0.1) is 0 Å². The lowest BCUT2D eigenvalue weighted by Gasteiger charge is -2.25. The van der Waals surface area contributed by atoms with E-state index in [0.29, 0.717) is 18.0 Å². The lowest BCUT2D eigenvalue weighted by atomic mass is 9.86. The van der Waals surface area contributed by atoms with E-state index in [1.807, 2.05) is 0 Å². The number of rotatable bonds is 6. The van der Waals surface area contributed by atoms with E-state index in [2.05, 4.69) is 19.2 Å². The van der Waals surface area contributed by atoms with E-state index in [1.54, 1.807) is 0 Å². The zero-order valence-corrected chi connectivity index (χ0v) is 11.1. The highest BCUT2D eigenvalue weighted by molar-refractivity contribution is 5.19. The van der Waals surface area contributed by atoms with Gasteiger partial charge in [-0.3, -0.25) is 0 Å². The summed E-state index contributed by atoms with van der Waals surface area (Å²) < 4.78 is 26.5. The molecule has 0 unspecified atom stereocenters. The van der Waals surface area contributed by atoms with Gasteiger partial charge >= 0.3 is 0 Å². The van der Waals surface area contributed by atoms with Crippen LogP contribution in [0, 0.1) is 17.0 Å². The molecule has 0 radical (unpaired) electrons. The molecular weight excluding hydrogens is 232 g/mol. The zero-order chi connectivity index (χ0) is 13.2. The molecular formula is C15H21F2N. The maximum absolute atomic E-state index is 13.5. The molecule has 1 aliphatic rings. The fourth-order valence-corrected chi connectivity index (χ4v) is 2.00. The van der Waals surface area contributed by atoms with Crippen molar-refractivity contribution in [2.24, 2.45) is 5.41 Å². The Morgan fingerprint density at radius 3 is 2.67 bits per heavy atom. The van der Waals surface area contributed by atoms with Crippen molar-refractivity contribution in [3.8, 4) is 0 Å². The molecule has 1 saturated carbocycles. The first-order valence-corrected chi connectivity index (χ1v) is 6.64. The predicted octanol–water partition coefficient (Wildman–Crippen LogP) is 3.68. The minimum absolute atomic E-state index is 0.112. The minimum Gasteiger partial charge on any atom is -0.313 e. The van der Waals surface area contributed by atoms with E-state index in [4.69, 9.17) is 0 Å². The molecule has 0 aliphatic heterocycles. The van der Waals surface area contributed by atoms with E-state index >= 15 is 0 Å². The SMILES string of the molecule is CC(C)(CCc1cc(F)ccc1F)CNC1CC1. The number of benzene rings is 1. The van der Waals surface area contributed by atoms with E-state index in [1.165, 1.54) is 31.0 Å². The van der Waals surface area contributed by atoms with Crippen LogP contribution < -0.4 is 5.32 Å². The van der Waals surface area contributed by atoms with Crippen LogP contribution in [0.15, 0.2) is 18.2 Å². The summed E-state index contributed by atoms with van der Waals surface area (Å²) in [5.74, 6) is -0.664. The van der Waals surface area contributed by atoms with E-state index < -0.39 is 0 Å². The number of nitrogens with one attached hydrogen (secondary N) is 1. The van der Waals surface area contributed by atoms with Crippen LogP contribution in [-0.4, -0.2) is 12.6 Å². The summed E-state index contributed by atoms with van der Waals surface area (Å²) in [5.41, 5.74) is 0.593. The van der Waals surface area contributed by atoms with Gasteiger partial charge in [0.15, 0.2) is 0 Å². The maximum Gasteiger partial charge on any atom is 0.126 e. The summed E-state index contributed by atoms with van der Waals surface area (Å²) in [5, 5.41) is 3.49. The normalized spacial score (nSPS) is 16.0. The second-order valence-electron chi connectivity index (χ2n) is 6.06. The average Bonchev–Trinajstić information content (AvgIpc) is 3.12.